The highest BCUT2D eigenvalue weighted by Crippen LogP contribution is 2.25. The summed E-state index contributed by atoms with van der Waals surface area (Å²) in [6, 6.07) is 13.4. The maximum Gasteiger partial charge on any atom is 0.206 e. The van der Waals surface area contributed by atoms with E-state index >= 15 is 0 Å². The molecular weight excluding hydrogens is 298 g/mol. The molecule has 0 aliphatic rings. The van der Waals surface area contributed by atoms with Gasteiger partial charge >= 0.3 is 0 Å². The second-order valence-electron chi connectivity index (χ2n) is 4.85. The Labute approximate surface area is 132 Å². The van der Waals surface area contributed by atoms with Crippen LogP contribution in [0.1, 0.15) is 13.8 Å². The maximum absolute atomic E-state index is 12.6. The standard InChI is InChI=1S/C17H21NO3S/c1-4-18(5-2)14-6-10-16(11-7-14)22(19,20)17-12-8-15(21-3)9-13-17/h6-13H,4-5H2,1-3H3. The molecule has 0 heterocycles. The van der Waals surface area contributed by atoms with Crippen LogP contribution in [0.4, 0.5) is 5.69 Å². The highest BCUT2D eigenvalue weighted by atomic mass is 32.2. The van der Waals surface area contributed by atoms with Gasteiger partial charge in [0.15, 0.2) is 0 Å². The van der Waals surface area contributed by atoms with Gasteiger partial charge in [-0.15, -0.1) is 0 Å². The molecule has 0 unspecified atom stereocenters. The van der Waals surface area contributed by atoms with Crippen molar-refractivity contribution in [3.8, 4) is 5.75 Å². The van der Waals surface area contributed by atoms with Crippen LogP contribution in [0.2, 0.25) is 0 Å². The molecule has 2 rings (SSSR count). The van der Waals surface area contributed by atoms with E-state index in [4.69, 9.17) is 4.74 Å². The van der Waals surface area contributed by atoms with Crippen LogP contribution in [0.5, 0.6) is 5.75 Å². The molecule has 0 saturated heterocycles. The number of ether oxygens (including phenoxy) is 1. The van der Waals surface area contributed by atoms with Gasteiger partial charge in [-0.2, -0.15) is 0 Å². The summed E-state index contributed by atoms with van der Waals surface area (Å²) in [6.45, 7) is 5.93. The first-order chi connectivity index (χ1) is 10.5. The van der Waals surface area contributed by atoms with Crippen LogP contribution >= 0.6 is 0 Å². The quantitative estimate of drug-likeness (QED) is 0.819. The van der Waals surface area contributed by atoms with Crippen molar-refractivity contribution >= 4 is 15.5 Å². The van der Waals surface area contributed by atoms with Gasteiger partial charge in [-0.05, 0) is 62.4 Å². The van der Waals surface area contributed by atoms with Crippen LogP contribution in [0.25, 0.3) is 0 Å². The lowest BCUT2D eigenvalue weighted by atomic mass is 10.3. The van der Waals surface area contributed by atoms with Gasteiger partial charge in [-0.3, -0.25) is 0 Å². The van der Waals surface area contributed by atoms with E-state index in [1.165, 1.54) is 0 Å². The molecule has 0 aliphatic carbocycles. The topological polar surface area (TPSA) is 46.6 Å². The third-order valence-corrected chi connectivity index (χ3v) is 5.43. The van der Waals surface area contributed by atoms with Crippen LogP contribution in [0.15, 0.2) is 58.3 Å². The second-order valence-corrected chi connectivity index (χ2v) is 6.79. The Morgan fingerprint density at radius 1 is 0.864 bits per heavy atom. The van der Waals surface area contributed by atoms with Crippen molar-refractivity contribution in [1.29, 1.82) is 0 Å². The lowest BCUT2D eigenvalue weighted by Gasteiger charge is -2.21. The number of nitrogens with zero attached hydrogens (tertiary/aromatic N) is 1. The van der Waals surface area contributed by atoms with Crippen LogP contribution in [0, 0.1) is 0 Å². The van der Waals surface area contributed by atoms with Crippen molar-refractivity contribution in [3.05, 3.63) is 48.5 Å². The Balaban J connectivity index is 2.32. The zero-order valence-corrected chi connectivity index (χ0v) is 13.9. The molecule has 0 atom stereocenters. The minimum absolute atomic E-state index is 0.267. The van der Waals surface area contributed by atoms with Crippen molar-refractivity contribution in [2.24, 2.45) is 0 Å². The molecule has 0 spiro atoms. The third-order valence-electron chi connectivity index (χ3n) is 3.65. The lowest BCUT2D eigenvalue weighted by molar-refractivity contribution is 0.414. The maximum atomic E-state index is 12.6. The Kier molecular flexibility index (Phi) is 5.08. The Bertz CT molecular complexity index is 703. The van der Waals surface area contributed by atoms with Crippen LogP contribution < -0.4 is 9.64 Å². The number of sulfone groups is 1. The number of hydrogen-bond donors (Lipinski definition) is 0. The first kappa shape index (κ1) is 16.4. The molecule has 0 radical (unpaired) electrons. The summed E-state index contributed by atoms with van der Waals surface area (Å²) in [5, 5.41) is 0. The van der Waals surface area contributed by atoms with E-state index in [-0.39, 0.29) is 4.90 Å². The minimum Gasteiger partial charge on any atom is -0.497 e. The minimum atomic E-state index is -3.49. The average Bonchev–Trinajstić information content (AvgIpc) is 2.56. The molecule has 0 aliphatic heterocycles. The Hall–Kier alpha value is -2.01. The van der Waals surface area contributed by atoms with Gasteiger partial charge in [-0.1, -0.05) is 0 Å². The fraction of sp³-hybridized carbons (Fsp3) is 0.294. The molecule has 118 valence electrons. The van der Waals surface area contributed by atoms with Gasteiger partial charge in [0.1, 0.15) is 5.75 Å². The van der Waals surface area contributed by atoms with Crippen LogP contribution in [-0.4, -0.2) is 28.6 Å². The van der Waals surface area contributed by atoms with Crippen molar-refractivity contribution < 1.29 is 13.2 Å². The third kappa shape index (κ3) is 3.25. The highest BCUT2D eigenvalue weighted by Gasteiger charge is 2.17. The summed E-state index contributed by atoms with van der Waals surface area (Å²) in [5.41, 5.74) is 1.03. The summed E-state index contributed by atoms with van der Waals surface area (Å²) < 4.78 is 30.3. The van der Waals surface area contributed by atoms with Crippen molar-refractivity contribution in [2.45, 2.75) is 23.6 Å². The van der Waals surface area contributed by atoms with E-state index in [0.717, 1.165) is 18.8 Å². The van der Waals surface area contributed by atoms with Gasteiger partial charge in [0.25, 0.3) is 0 Å². The predicted molar refractivity (Wildman–Crippen MR) is 88.4 cm³/mol. The Morgan fingerprint density at radius 2 is 1.32 bits per heavy atom. The number of methoxy groups -OCH3 is 1. The first-order valence-corrected chi connectivity index (χ1v) is 8.75. The van der Waals surface area contributed by atoms with Crippen LogP contribution in [-0.2, 0) is 9.84 Å². The summed E-state index contributed by atoms with van der Waals surface area (Å²) in [7, 11) is -1.94. The molecule has 0 N–H and O–H groups in total. The van der Waals surface area contributed by atoms with E-state index in [9.17, 15) is 8.42 Å². The van der Waals surface area contributed by atoms with E-state index in [0.29, 0.717) is 10.6 Å². The fourth-order valence-corrected chi connectivity index (χ4v) is 3.58. The Morgan fingerprint density at radius 3 is 1.73 bits per heavy atom. The molecule has 0 amide bonds. The van der Waals surface area contributed by atoms with Gasteiger partial charge in [-0.25, -0.2) is 8.42 Å². The summed E-state index contributed by atoms with van der Waals surface area (Å²) >= 11 is 0. The molecule has 0 saturated carbocycles. The van der Waals surface area contributed by atoms with Gasteiger partial charge in [0.05, 0.1) is 16.9 Å². The number of rotatable bonds is 6. The molecule has 0 fully saturated rings. The van der Waals surface area contributed by atoms with Gasteiger partial charge in [0.2, 0.25) is 9.84 Å². The van der Waals surface area contributed by atoms with Gasteiger partial charge < -0.3 is 9.64 Å². The summed E-state index contributed by atoms with van der Waals surface area (Å²) in [6.07, 6.45) is 0. The molecule has 4 nitrogen and oxygen atoms in total. The molecule has 2 aromatic carbocycles. The SMILES string of the molecule is CCN(CC)c1ccc(S(=O)(=O)c2ccc(OC)cc2)cc1. The van der Waals surface area contributed by atoms with Crippen molar-refractivity contribution in [2.75, 3.05) is 25.1 Å². The van der Waals surface area contributed by atoms with E-state index < -0.39 is 9.84 Å². The van der Waals surface area contributed by atoms with Crippen molar-refractivity contribution in [1.82, 2.24) is 0 Å². The number of hydrogen-bond acceptors (Lipinski definition) is 4. The molecule has 2 aromatic rings. The zero-order valence-electron chi connectivity index (χ0n) is 13.1. The number of benzene rings is 2. The smallest absolute Gasteiger partial charge is 0.206 e. The number of anilines is 1. The molecule has 0 bridgehead atoms. The largest absolute Gasteiger partial charge is 0.497 e. The average molecular weight is 319 g/mol. The summed E-state index contributed by atoms with van der Waals surface area (Å²) in [4.78, 5) is 2.74. The van der Waals surface area contributed by atoms with Crippen LogP contribution in [0.3, 0.4) is 0 Å². The summed E-state index contributed by atoms with van der Waals surface area (Å²) in [5.74, 6) is 0.635. The molecule has 0 aromatic heterocycles. The predicted octanol–water partition coefficient (Wildman–Crippen LogP) is 3.37. The highest BCUT2D eigenvalue weighted by molar-refractivity contribution is 7.91. The molecular formula is C17H21NO3S. The van der Waals surface area contributed by atoms with Gasteiger partial charge in [0, 0.05) is 18.8 Å². The molecule has 22 heavy (non-hydrogen) atoms. The van der Waals surface area contributed by atoms with E-state index in [1.54, 1.807) is 43.5 Å². The molecule has 5 heteroatoms. The van der Waals surface area contributed by atoms with E-state index in [2.05, 4.69) is 18.7 Å². The zero-order chi connectivity index (χ0) is 16.2. The second kappa shape index (κ2) is 6.83. The fourth-order valence-electron chi connectivity index (χ4n) is 2.32. The lowest BCUT2D eigenvalue weighted by Crippen LogP contribution is -2.21. The normalized spacial score (nSPS) is 11.2. The monoisotopic (exact) mass is 319 g/mol. The first-order valence-electron chi connectivity index (χ1n) is 7.27. The van der Waals surface area contributed by atoms with E-state index in [1.807, 2.05) is 12.1 Å². The van der Waals surface area contributed by atoms with Crippen molar-refractivity contribution in [3.63, 3.8) is 0 Å².